The molecule has 2 heterocycles. The predicted molar refractivity (Wildman–Crippen MR) is 95.2 cm³/mol. The maximum Gasteiger partial charge on any atom is 0.253 e. The SMILES string of the molecule is COc1cc2[nH]c(=O)c3c(c2cc1OC)CCN(CCN(C)C)C3. The number of pyridine rings is 1. The number of nitrogens with zero attached hydrogens (tertiary/aromatic N) is 2. The molecule has 2 aromatic rings. The Morgan fingerprint density at radius 2 is 1.88 bits per heavy atom. The summed E-state index contributed by atoms with van der Waals surface area (Å²) in [5, 5.41) is 1.05. The Hall–Kier alpha value is -2.05. The molecule has 0 saturated carbocycles. The Morgan fingerprint density at radius 1 is 1.17 bits per heavy atom. The van der Waals surface area contributed by atoms with Gasteiger partial charge in [-0.1, -0.05) is 0 Å². The molecule has 1 aliphatic rings. The highest BCUT2D eigenvalue weighted by molar-refractivity contribution is 5.86. The summed E-state index contributed by atoms with van der Waals surface area (Å²) in [5.74, 6) is 1.32. The lowest BCUT2D eigenvalue weighted by Crippen LogP contribution is -2.38. The van der Waals surface area contributed by atoms with Crippen LogP contribution in [0.15, 0.2) is 16.9 Å². The highest BCUT2D eigenvalue weighted by Gasteiger charge is 2.22. The summed E-state index contributed by atoms with van der Waals surface area (Å²) in [5.41, 5.74) is 2.81. The van der Waals surface area contributed by atoms with Gasteiger partial charge in [0.25, 0.3) is 5.56 Å². The van der Waals surface area contributed by atoms with Gasteiger partial charge in [-0.25, -0.2) is 0 Å². The van der Waals surface area contributed by atoms with Crippen LogP contribution >= 0.6 is 0 Å². The Bertz CT molecular complexity index is 798. The third kappa shape index (κ3) is 3.12. The Balaban J connectivity index is 2.02. The summed E-state index contributed by atoms with van der Waals surface area (Å²) in [7, 11) is 7.36. The van der Waals surface area contributed by atoms with Crippen molar-refractivity contribution in [3.8, 4) is 11.5 Å². The van der Waals surface area contributed by atoms with Crippen LogP contribution in [0, 0.1) is 0 Å². The zero-order valence-electron chi connectivity index (χ0n) is 14.8. The molecule has 0 atom stereocenters. The molecule has 1 aromatic heterocycles. The first kappa shape index (κ1) is 16.8. The third-order valence-electron chi connectivity index (χ3n) is 4.66. The van der Waals surface area contributed by atoms with E-state index < -0.39 is 0 Å². The van der Waals surface area contributed by atoms with Crippen molar-refractivity contribution in [3.05, 3.63) is 33.6 Å². The number of hydrogen-bond donors (Lipinski definition) is 1. The molecule has 24 heavy (non-hydrogen) atoms. The molecule has 0 radical (unpaired) electrons. The normalized spacial score (nSPS) is 14.9. The van der Waals surface area contributed by atoms with E-state index in [-0.39, 0.29) is 5.56 Å². The van der Waals surface area contributed by atoms with Crippen molar-refractivity contribution < 1.29 is 9.47 Å². The van der Waals surface area contributed by atoms with Crippen LogP contribution in [0.1, 0.15) is 11.1 Å². The largest absolute Gasteiger partial charge is 0.493 e. The number of hydrogen-bond acceptors (Lipinski definition) is 5. The van der Waals surface area contributed by atoms with Gasteiger partial charge in [0.1, 0.15) is 0 Å². The summed E-state index contributed by atoms with van der Waals surface area (Å²) in [6, 6.07) is 3.81. The molecule has 0 amide bonds. The monoisotopic (exact) mass is 331 g/mol. The van der Waals surface area contributed by atoms with Crippen molar-refractivity contribution in [2.24, 2.45) is 0 Å². The van der Waals surface area contributed by atoms with Crippen LogP contribution in [0.2, 0.25) is 0 Å². The zero-order chi connectivity index (χ0) is 17.3. The minimum absolute atomic E-state index is 0.000673. The first-order valence-corrected chi connectivity index (χ1v) is 8.20. The van der Waals surface area contributed by atoms with Crippen LogP contribution in [0.5, 0.6) is 11.5 Å². The summed E-state index contributed by atoms with van der Waals surface area (Å²) in [6.45, 7) is 3.62. The van der Waals surface area contributed by atoms with E-state index in [0.717, 1.165) is 48.1 Å². The van der Waals surface area contributed by atoms with E-state index in [1.807, 2.05) is 12.1 Å². The number of ether oxygens (including phenoxy) is 2. The fourth-order valence-electron chi connectivity index (χ4n) is 3.29. The van der Waals surface area contributed by atoms with Crippen LogP contribution in [0.4, 0.5) is 0 Å². The number of aromatic amines is 1. The average Bonchev–Trinajstić information content (AvgIpc) is 2.59. The Kier molecular flexibility index (Phi) is 4.78. The number of fused-ring (bicyclic) bond motifs is 3. The minimum atomic E-state index is -0.000673. The first-order chi connectivity index (χ1) is 11.5. The second-order valence-electron chi connectivity index (χ2n) is 6.49. The summed E-state index contributed by atoms with van der Waals surface area (Å²) in [4.78, 5) is 20.1. The standard InChI is InChI=1S/C18H25N3O3/c1-20(2)7-8-21-6-5-12-13-9-16(23-3)17(24-4)10-15(13)19-18(22)14(12)11-21/h9-10H,5-8,11H2,1-4H3,(H,19,22). The molecule has 0 spiro atoms. The number of methoxy groups -OCH3 is 2. The van der Waals surface area contributed by atoms with Crippen molar-refractivity contribution >= 4 is 10.9 Å². The lowest BCUT2D eigenvalue weighted by atomic mass is 9.96. The van der Waals surface area contributed by atoms with E-state index in [1.54, 1.807) is 14.2 Å². The summed E-state index contributed by atoms with van der Waals surface area (Å²) >= 11 is 0. The molecular weight excluding hydrogens is 306 g/mol. The second-order valence-corrected chi connectivity index (χ2v) is 6.49. The van der Waals surface area contributed by atoms with E-state index in [0.29, 0.717) is 18.0 Å². The molecule has 0 saturated heterocycles. The molecule has 130 valence electrons. The molecule has 1 aromatic carbocycles. The lowest BCUT2D eigenvalue weighted by Gasteiger charge is -2.29. The highest BCUT2D eigenvalue weighted by atomic mass is 16.5. The van der Waals surface area contributed by atoms with Crippen LogP contribution < -0.4 is 15.0 Å². The topological polar surface area (TPSA) is 57.8 Å². The van der Waals surface area contributed by atoms with Crippen LogP contribution in [-0.2, 0) is 13.0 Å². The molecule has 0 bridgehead atoms. The number of nitrogens with one attached hydrogen (secondary N) is 1. The molecule has 1 N–H and O–H groups in total. The smallest absolute Gasteiger partial charge is 0.253 e. The van der Waals surface area contributed by atoms with E-state index in [2.05, 4.69) is 28.9 Å². The number of aromatic nitrogens is 1. The number of rotatable bonds is 5. The molecule has 6 heteroatoms. The summed E-state index contributed by atoms with van der Waals surface area (Å²) < 4.78 is 10.8. The van der Waals surface area contributed by atoms with Gasteiger partial charge in [-0.2, -0.15) is 0 Å². The van der Waals surface area contributed by atoms with Crippen LogP contribution in [-0.4, -0.2) is 62.7 Å². The molecule has 0 unspecified atom stereocenters. The third-order valence-corrected chi connectivity index (χ3v) is 4.66. The molecule has 3 rings (SSSR count). The zero-order valence-corrected chi connectivity index (χ0v) is 14.8. The van der Waals surface area contributed by atoms with Gasteiger partial charge in [0.15, 0.2) is 11.5 Å². The number of benzene rings is 1. The lowest BCUT2D eigenvalue weighted by molar-refractivity contribution is 0.225. The van der Waals surface area contributed by atoms with Crippen LogP contribution in [0.3, 0.4) is 0 Å². The van der Waals surface area contributed by atoms with Gasteiger partial charge < -0.3 is 19.4 Å². The fraction of sp³-hybridized carbons (Fsp3) is 0.500. The first-order valence-electron chi connectivity index (χ1n) is 8.20. The van der Waals surface area contributed by atoms with Gasteiger partial charge in [0.2, 0.25) is 0 Å². The molecule has 1 aliphatic heterocycles. The van der Waals surface area contributed by atoms with Crippen molar-refractivity contribution in [2.75, 3.05) is 47.9 Å². The average molecular weight is 331 g/mol. The highest BCUT2D eigenvalue weighted by Crippen LogP contribution is 2.34. The maximum absolute atomic E-state index is 12.6. The Morgan fingerprint density at radius 3 is 2.54 bits per heavy atom. The van der Waals surface area contributed by atoms with E-state index in [9.17, 15) is 4.79 Å². The summed E-state index contributed by atoms with van der Waals surface area (Å²) in [6.07, 6.45) is 0.874. The van der Waals surface area contributed by atoms with Gasteiger partial charge in [0.05, 0.1) is 19.7 Å². The van der Waals surface area contributed by atoms with Gasteiger partial charge >= 0.3 is 0 Å². The van der Waals surface area contributed by atoms with Crippen LogP contribution in [0.25, 0.3) is 10.9 Å². The predicted octanol–water partition coefficient (Wildman–Crippen LogP) is 1.46. The van der Waals surface area contributed by atoms with Crippen molar-refractivity contribution in [1.29, 1.82) is 0 Å². The quantitative estimate of drug-likeness (QED) is 0.899. The molecule has 0 fully saturated rings. The molecule has 0 aliphatic carbocycles. The van der Waals surface area contributed by atoms with Crippen molar-refractivity contribution in [1.82, 2.24) is 14.8 Å². The van der Waals surface area contributed by atoms with E-state index in [1.165, 1.54) is 0 Å². The molecule has 6 nitrogen and oxygen atoms in total. The van der Waals surface area contributed by atoms with Crippen molar-refractivity contribution in [3.63, 3.8) is 0 Å². The van der Waals surface area contributed by atoms with Crippen molar-refractivity contribution in [2.45, 2.75) is 13.0 Å². The Labute approximate surface area is 142 Å². The van der Waals surface area contributed by atoms with Gasteiger partial charge in [-0.05, 0) is 32.1 Å². The second kappa shape index (κ2) is 6.83. The minimum Gasteiger partial charge on any atom is -0.493 e. The number of H-pyrrole nitrogens is 1. The van der Waals surface area contributed by atoms with E-state index >= 15 is 0 Å². The van der Waals surface area contributed by atoms with E-state index in [4.69, 9.17) is 9.47 Å². The fourth-order valence-corrected chi connectivity index (χ4v) is 3.29. The van der Waals surface area contributed by atoms with Gasteiger partial charge in [0, 0.05) is 43.2 Å². The molecular formula is C18H25N3O3. The van der Waals surface area contributed by atoms with Gasteiger partial charge in [-0.3, -0.25) is 9.69 Å². The van der Waals surface area contributed by atoms with Gasteiger partial charge in [-0.15, -0.1) is 0 Å². The maximum atomic E-state index is 12.6. The number of likely N-dealkylation sites (N-methyl/N-ethyl adjacent to an activating group) is 1.